The summed E-state index contributed by atoms with van der Waals surface area (Å²) < 4.78 is 0. The molecule has 0 atom stereocenters. The van der Waals surface area contributed by atoms with Crippen LogP contribution in [0, 0.1) is 5.92 Å². The standard InChI is InChI=1S/C14H23N3S/c1-4-15-13-7-12(11-5-6-11)16-14(17-13)9-18-8-10(2)3/h7,10-11H,4-6,8-9H2,1-3H3,(H,15,16,17). The van der Waals surface area contributed by atoms with Crippen molar-refractivity contribution in [2.24, 2.45) is 5.92 Å². The fourth-order valence-corrected chi connectivity index (χ4v) is 2.73. The number of nitrogens with one attached hydrogen (secondary N) is 1. The lowest BCUT2D eigenvalue weighted by molar-refractivity contribution is 0.749. The Labute approximate surface area is 114 Å². The lowest BCUT2D eigenvalue weighted by Gasteiger charge is -2.09. The van der Waals surface area contributed by atoms with Crippen molar-refractivity contribution >= 4 is 17.6 Å². The van der Waals surface area contributed by atoms with Crippen molar-refractivity contribution in [3.63, 3.8) is 0 Å². The Morgan fingerprint density at radius 2 is 2.17 bits per heavy atom. The highest BCUT2D eigenvalue weighted by atomic mass is 32.2. The average molecular weight is 265 g/mol. The second-order valence-corrected chi connectivity index (χ2v) is 6.34. The minimum absolute atomic E-state index is 0.694. The van der Waals surface area contributed by atoms with Gasteiger partial charge >= 0.3 is 0 Å². The fraction of sp³-hybridized carbons (Fsp3) is 0.714. The summed E-state index contributed by atoms with van der Waals surface area (Å²) in [5.74, 6) is 5.51. The molecule has 4 heteroatoms. The van der Waals surface area contributed by atoms with Gasteiger partial charge in [-0.25, -0.2) is 9.97 Å². The predicted molar refractivity (Wildman–Crippen MR) is 79.2 cm³/mol. The molecule has 18 heavy (non-hydrogen) atoms. The van der Waals surface area contributed by atoms with Gasteiger partial charge in [0.1, 0.15) is 11.6 Å². The maximum Gasteiger partial charge on any atom is 0.140 e. The number of aromatic nitrogens is 2. The summed E-state index contributed by atoms with van der Waals surface area (Å²) in [6.45, 7) is 7.52. The molecule has 0 amide bonds. The summed E-state index contributed by atoms with van der Waals surface area (Å²) in [5, 5.41) is 3.31. The zero-order chi connectivity index (χ0) is 13.0. The van der Waals surface area contributed by atoms with Crippen molar-refractivity contribution in [2.45, 2.75) is 45.3 Å². The third kappa shape index (κ3) is 4.16. The molecular weight excluding hydrogens is 242 g/mol. The van der Waals surface area contributed by atoms with E-state index in [1.165, 1.54) is 24.3 Å². The van der Waals surface area contributed by atoms with Crippen LogP contribution < -0.4 is 5.32 Å². The molecule has 2 rings (SSSR count). The quantitative estimate of drug-likeness (QED) is 0.816. The molecule has 1 saturated carbocycles. The lowest BCUT2D eigenvalue weighted by Crippen LogP contribution is -2.05. The SMILES string of the molecule is CCNc1cc(C2CC2)nc(CSCC(C)C)n1. The first-order chi connectivity index (χ1) is 8.69. The molecule has 1 aliphatic carbocycles. The first kappa shape index (κ1) is 13.7. The highest BCUT2D eigenvalue weighted by Gasteiger charge is 2.26. The van der Waals surface area contributed by atoms with E-state index in [1.54, 1.807) is 0 Å². The highest BCUT2D eigenvalue weighted by molar-refractivity contribution is 7.98. The first-order valence-electron chi connectivity index (χ1n) is 6.88. The largest absolute Gasteiger partial charge is 0.370 e. The zero-order valence-corrected chi connectivity index (χ0v) is 12.4. The van der Waals surface area contributed by atoms with Crippen molar-refractivity contribution in [3.8, 4) is 0 Å². The minimum Gasteiger partial charge on any atom is -0.370 e. The molecule has 1 heterocycles. The maximum absolute atomic E-state index is 4.70. The molecule has 0 saturated heterocycles. The molecule has 3 nitrogen and oxygen atoms in total. The van der Waals surface area contributed by atoms with E-state index in [-0.39, 0.29) is 0 Å². The normalized spacial score (nSPS) is 15.1. The van der Waals surface area contributed by atoms with Crippen LogP contribution in [-0.2, 0) is 5.75 Å². The summed E-state index contributed by atoms with van der Waals surface area (Å²) in [5.41, 5.74) is 1.24. The van der Waals surface area contributed by atoms with E-state index < -0.39 is 0 Å². The zero-order valence-electron chi connectivity index (χ0n) is 11.6. The van der Waals surface area contributed by atoms with Gasteiger partial charge in [0.2, 0.25) is 0 Å². The Kier molecular flexibility index (Phi) is 4.87. The molecule has 0 radical (unpaired) electrons. The Bertz CT molecular complexity index is 389. The molecular formula is C14H23N3S. The van der Waals surface area contributed by atoms with Crippen molar-refractivity contribution in [1.82, 2.24) is 9.97 Å². The van der Waals surface area contributed by atoms with Crippen LogP contribution in [0.1, 0.15) is 51.0 Å². The van der Waals surface area contributed by atoms with Gasteiger partial charge in [-0.1, -0.05) is 13.8 Å². The van der Waals surface area contributed by atoms with E-state index in [4.69, 9.17) is 4.98 Å². The molecule has 1 N–H and O–H groups in total. The smallest absolute Gasteiger partial charge is 0.140 e. The topological polar surface area (TPSA) is 37.8 Å². The van der Waals surface area contributed by atoms with Crippen LogP contribution in [-0.4, -0.2) is 22.3 Å². The average Bonchev–Trinajstić information content (AvgIpc) is 3.12. The fourth-order valence-electron chi connectivity index (χ4n) is 1.83. The molecule has 1 aliphatic rings. The summed E-state index contributed by atoms with van der Waals surface area (Å²) in [7, 11) is 0. The van der Waals surface area contributed by atoms with Gasteiger partial charge in [-0.15, -0.1) is 0 Å². The summed E-state index contributed by atoms with van der Waals surface area (Å²) >= 11 is 1.93. The van der Waals surface area contributed by atoms with Crippen molar-refractivity contribution < 1.29 is 0 Å². The number of rotatable bonds is 7. The molecule has 1 aromatic heterocycles. The van der Waals surface area contributed by atoms with Gasteiger partial charge < -0.3 is 5.32 Å². The monoisotopic (exact) mass is 265 g/mol. The van der Waals surface area contributed by atoms with E-state index in [0.717, 1.165) is 29.9 Å². The summed E-state index contributed by atoms with van der Waals surface area (Å²) in [4.78, 5) is 9.29. The highest BCUT2D eigenvalue weighted by Crippen LogP contribution is 2.39. The second-order valence-electron chi connectivity index (χ2n) is 5.31. The van der Waals surface area contributed by atoms with Crippen LogP contribution in [0.4, 0.5) is 5.82 Å². The van der Waals surface area contributed by atoms with Crippen molar-refractivity contribution in [3.05, 3.63) is 17.6 Å². The van der Waals surface area contributed by atoms with Gasteiger partial charge in [0.15, 0.2) is 0 Å². The van der Waals surface area contributed by atoms with Crippen LogP contribution >= 0.6 is 11.8 Å². The lowest BCUT2D eigenvalue weighted by atomic mass is 10.2. The van der Waals surface area contributed by atoms with Crippen LogP contribution in [0.15, 0.2) is 6.07 Å². The van der Waals surface area contributed by atoms with Crippen LogP contribution in [0.3, 0.4) is 0 Å². The Balaban J connectivity index is 2.02. The third-order valence-electron chi connectivity index (χ3n) is 2.83. The molecule has 0 spiro atoms. The molecule has 1 aromatic rings. The number of anilines is 1. The van der Waals surface area contributed by atoms with Gasteiger partial charge in [0.05, 0.1) is 5.75 Å². The van der Waals surface area contributed by atoms with Gasteiger partial charge in [-0.3, -0.25) is 0 Å². The van der Waals surface area contributed by atoms with E-state index >= 15 is 0 Å². The van der Waals surface area contributed by atoms with Gasteiger partial charge in [-0.05, 0) is 31.4 Å². The number of hydrogen-bond acceptors (Lipinski definition) is 4. The Hall–Kier alpha value is -0.770. The molecule has 1 fully saturated rings. The Morgan fingerprint density at radius 3 is 2.78 bits per heavy atom. The van der Waals surface area contributed by atoms with Gasteiger partial charge in [0.25, 0.3) is 0 Å². The number of nitrogens with zero attached hydrogens (tertiary/aromatic N) is 2. The van der Waals surface area contributed by atoms with Gasteiger partial charge in [-0.2, -0.15) is 11.8 Å². The second kappa shape index (κ2) is 6.41. The van der Waals surface area contributed by atoms with Crippen LogP contribution in [0.2, 0.25) is 0 Å². The predicted octanol–water partition coefficient (Wildman–Crippen LogP) is 3.68. The molecule has 0 aromatic carbocycles. The maximum atomic E-state index is 4.70. The first-order valence-corrected chi connectivity index (χ1v) is 8.04. The molecule has 0 unspecified atom stereocenters. The summed E-state index contributed by atoms with van der Waals surface area (Å²) in [6, 6.07) is 2.12. The van der Waals surface area contributed by atoms with Crippen LogP contribution in [0.25, 0.3) is 0 Å². The minimum atomic E-state index is 0.694. The number of hydrogen-bond donors (Lipinski definition) is 1. The van der Waals surface area contributed by atoms with Gasteiger partial charge in [0, 0.05) is 24.2 Å². The molecule has 0 aliphatic heterocycles. The summed E-state index contributed by atoms with van der Waals surface area (Å²) in [6.07, 6.45) is 2.59. The van der Waals surface area contributed by atoms with E-state index in [1.807, 2.05) is 11.8 Å². The van der Waals surface area contributed by atoms with E-state index in [9.17, 15) is 0 Å². The van der Waals surface area contributed by atoms with E-state index in [0.29, 0.717) is 5.92 Å². The number of thioether (sulfide) groups is 1. The van der Waals surface area contributed by atoms with Crippen molar-refractivity contribution in [2.75, 3.05) is 17.6 Å². The molecule has 0 bridgehead atoms. The third-order valence-corrected chi connectivity index (χ3v) is 4.19. The van der Waals surface area contributed by atoms with Crippen LogP contribution in [0.5, 0.6) is 0 Å². The van der Waals surface area contributed by atoms with E-state index in [2.05, 4.69) is 37.1 Å². The Morgan fingerprint density at radius 1 is 1.39 bits per heavy atom. The molecule has 100 valence electrons. The van der Waals surface area contributed by atoms with Crippen molar-refractivity contribution in [1.29, 1.82) is 0 Å².